The summed E-state index contributed by atoms with van der Waals surface area (Å²) in [6.45, 7) is 4.29. The molecule has 1 unspecified atom stereocenters. The minimum absolute atomic E-state index is 0.00108. The van der Waals surface area contributed by atoms with E-state index in [1.54, 1.807) is 0 Å². The van der Waals surface area contributed by atoms with Gasteiger partial charge in [0.25, 0.3) is 0 Å². The van der Waals surface area contributed by atoms with E-state index in [0.29, 0.717) is 24.2 Å². The zero-order valence-corrected chi connectivity index (χ0v) is 13.0. The van der Waals surface area contributed by atoms with Crippen molar-refractivity contribution in [2.75, 3.05) is 6.61 Å². The zero-order chi connectivity index (χ0) is 16.7. The number of fused-ring (bicyclic) bond motifs is 1. The molecule has 1 aromatic carbocycles. The van der Waals surface area contributed by atoms with Crippen LogP contribution >= 0.6 is 0 Å². The molecule has 0 bridgehead atoms. The number of phenolic OH excluding ortho intramolecular Hbond substituents is 1. The highest BCUT2D eigenvalue weighted by atomic mass is 16.6. The van der Waals surface area contributed by atoms with Gasteiger partial charge in [0.05, 0.1) is 18.3 Å². The number of ether oxygens (including phenoxy) is 1. The van der Waals surface area contributed by atoms with E-state index in [-0.39, 0.29) is 28.8 Å². The average Bonchev–Trinajstić information content (AvgIpc) is 3.32. The quantitative estimate of drug-likeness (QED) is 0.659. The number of phenols is 1. The van der Waals surface area contributed by atoms with Crippen LogP contribution in [0.4, 0.5) is 0 Å². The van der Waals surface area contributed by atoms with Crippen molar-refractivity contribution < 1.29 is 24.5 Å². The van der Waals surface area contributed by atoms with Crippen molar-refractivity contribution in [3.8, 4) is 5.75 Å². The van der Waals surface area contributed by atoms with Crippen LogP contribution in [0.2, 0.25) is 0 Å². The lowest BCUT2D eigenvalue weighted by molar-refractivity contribution is 0.0989. The summed E-state index contributed by atoms with van der Waals surface area (Å²) < 4.78 is 5.30. The molecule has 2 N–H and O–H groups in total. The third-order valence-corrected chi connectivity index (χ3v) is 4.02. The van der Waals surface area contributed by atoms with Crippen LogP contribution in [-0.2, 0) is 4.74 Å². The van der Waals surface area contributed by atoms with Crippen LogP contribution in [0, 0.1) is 0 Å². The van der Waals surface area contributed by atoms with Gasteiger partial charge in [-0.1, -0.05) is 11.6 Å². The Morgan fingerprint density at radius 1 is 1.30 bits per heavy atom. The highest BCUT2D eigenvalue weighted by Crippen LogP contribution is 2.43. The van der Waals surface area contributed by atoms with Gasteiger partial charge in [0, 0.05) is 11.1 Å². The van der Waals surface area contributed by atoms with Crippen LogP contribution in [0.5, 0.6) is 5.75 Å². The van der Waals surface area contributed by atoms with Gasteiger partial charge in [0.2, 0.25) is 0 Å². The van der Waals surface area contributed by atoms with Crippen LogP contribution in [0.15, 0.2) is 29.9 Å². The van der Waals surface area contributed by atoms with Gasteiger partial charge in [-0.25, -0.2) is 0 Å². The van der Waals surface area contributed by atoms with Crippen LogP contribution in [0.1, 0.15) is 64.3 Å². The van der Waals surface area contributed by atoms with Crippen molar-refractivity contribution in [1.82, 2.24) is 0 Å². The van der Waals surface area contributed by atoms with Gasteiger partial charge in [-0.2, -0.15) is 0 Å². The molecule has 23 heavy (non-hydrogen) atoms. The minimum Gasteiger partial charge on any atom is -0.507 e. The first kappa shape index (κ1) is 15.6. The molecule has 1 heterocycles. The number of aliphatic hydroxyl groups is 1. The van der Waals surface area contributed by atoms with Gasteiger partial charge < -0.3 is 14.9 Å². The molecule has 120 valence electrons. The van der Waals surface area contributed by atoms with E-state index in [1.807, 2.05) is 19.9 Å². The first-order valence-corrected chi connectivity index (χ1v) is 7.49. The van der Waals surface area contributed by atoms with E-state index in [0.717, 1.165) is 11.6 Å². The predicted octanol–water partition coefficient (Wildman–Crippen LogP) is 2.79. The Morgan fingerprint density at radius 2 is 1.91 bits per heavy atom. The number of hydrogen-bond acceptors (Lipinski definition) is 5. The molecule has 1 fully saturated rings. The van der Waals surface area contributed by atoms with Crippen molar-refractivity contribution in [1.29, 1.82) is 0 Å². The Kier molecular flexibility index (Phi) is 3.92. The van der Waals surface area contributed by atoms with Gasteiger partial charge >= 0.3 is 0 Å². The smallest absolute Gasteiger partial charge is 0.190 e. The van der Waals surface area contributed by atoms with E-state index in [4.69, 9.17) is 4.74 Å². The first-order valence-electron chi connectivity index (χ1n) is 7.49. The van der Waals surface area contributed by atoms with Gasteiger partial charge in [-0.3, -0.25) is 9.59 Å². The normalized spacial score (nSPS) is 20.2. The molecule has 0 amide bonds. The standard InChI is InChI=1S/C18H18O5/c1-9(2)3-4-11(19)10-7-14(22)17-12(20)5-6-13(21)18(17)16(10)15-8-23-15/h3,5-7,11,15,19,22H,4,8H2,1-2H3/t11-,15?/m1/s1. The predicted molar refractivity (Wildman–Crippen MR) is 83.6 cm³/mol. The Labute approximate surface area is 133 Å². The number of carbonyl (C=O) groups is 2. The van der Waals surface area contributed by atoms with Crippen molar-refractivity contribution in [3.05, 3.63) is 52.1 Å². The fourth-order valence-corrected chi connectivity index (χ4v) is 2.84. The third-order valence-electron chi connectivity index (χ3n) is 4.02. The van der Waals surface area contributed by atoms with Crippen LogP contribution in [-0.4, -0.2) is 28.4 Å². The number of epoxide rings is 1. The number of allylic oxidation sites excluding steroid dienone is 3. The van der Waals surface area contributed by atoms with Crippen molar-refractivity contribution in [3.63, 3.8) is 0 Å². The summed E-state index contributed by atoms with van der Waals surface area (Å²) in [7, 11) is 0. The third kappa shape index (κ3) is 2.85. The number of hydrogen-bond donors (Lipinski definition) is 2. The van der Waals surface area contributed by atoms with E-state index in [2.05, 4.69) is 0 Å². The fraction of sp³-hybridized carbons (Fsp3) is 0.333. The summed E-state index contributed by atoms with van der Waals surface area (Å²) in [4.78, 5) is 24.3. The van der Waals surface area contributed by atoms with Gasteiger partial charge in [-0.05, 0) is 44.1 Å². The molecule has 2 aliphatic rings. The molecule has 2 atom stereocenters. The van der Waals surface area contributed by atoms with Gasteiger partial charge in [0.15, 0.2) is 11.6 Å². The summed E-state index contributed by atoms with van der Waals surface area (Å²) >= 11 is 0. The topological polar surface area (TPSA) is 87.1 Å². The summed E-state index contributed by atoms with van der Waals surface area (Å²) in [5.74, 6) is -1.04. The molecule has 5 heteroatoms. The molecule has 1 aromatic rings. The van der Waals surface area contributed by atoms with Crippen molar-refractivity contribution >= 4 is 11.6 Å². The number of carbonyl (C=O) groups excluding carboxylic acids is 2. The van der Waals surface area contributed by atoms with E-state index < -0.39 is 11.9 Å². The second-order valence-corrected chi connectivity index (χ2v) is 6.07. The molecule has 0 radical (unpaired) electrons. The zero-order valence-electron chi connectivity index (χ0n) is 13.0. The maximum absolute atomic E-state index is 12.3. The molecule has 5 nitrogen and oxygen atoms in total. The van der Waals surface area contributed by atoms with Crippen LogP contribution in [0.25, 0.3) is 0 Å². The number of ketones is 2. The van der Waals surface area contributed by atoms with Gasteiger partial charge in [-0.15, -0.1) is 0 Å². The SMILES string of the molecule is CC(C)=CC[C@@H](O)c1cc(O)c2c(c1C1CO1)C(=O)C=CC2=O. The highest BCUT2D eigenvalue weighted by Gasteiger charge is 2.38. The highest BCUT2D eigenvalue weighted by molar-refractivity contribution is 6.24. The molecule has 1 saturated heterocycles. The summed E-state index contributed by atoms with van der Waals surface area (Å²) in [5.41, 5.74) is 2.19. The Balaban J connectivity index is 2.17. The Hall–Kier alpha value is -2.24. The number of aromatic hydroxyl groups is 1. The maximum Gasteiger partial charge on any atom is 0.190 e. The molecule has 0 spiro atoms. The minimum atomic E-state index is -0.880. The van der Waals surface area contributed by atoms with Crippen LogP contribution in [0.3, 0.4) is 0 Å². The second-order valence-electron chi connectivity index (χ2n) is 6.07. The van der Waals surface area contributed by atoms with E-state index in [1.165, 1.54) is 12.1 Å². The molecule has 0 saturated carbocycles. The summed E-state index contributed by atoms with van der Waals surface area (Å²) in [6.07, 6.45) is 3.39. The lowest BCUT2D eigenvalue weighted by atomic mass is 9.84. The Morgan fingerprint density at radius 3 is 2.48 bits per heavy atom. The van der Waals surface area contributed by atoms with Gasteiger partial charge in [0.1, 0.15) is 11.9 Å². The largest absolute Gasteiger partial charge is 0.507 e. The maximum atomic E-state index is 12.3. The molecule has 0 aromatic heterocycles. The summed E-state index contributed by atoms with van der Waals surface area (Å²) in [5, 5.41) is 20.7. The molecular weight excluding hydrogens is 296 g/mol. The summed E-state index contributed by atoms with van der Waals surface area (Å²) in [6, 6.07) is 1.38. The number of aliphatic hydroxyl groups excluding tert-OH is 1. The van der Waals surface area contributed by atoms with E-state index in [9.17, 15) is 19.8 Å². The first-order chi connectivity index (χ1) is 10.9. The second kappa shape index (κ2) is 5.76. The lowest BCUT2D eigenvalue weighted by Gasteiger charge is -2.21. The monoisotopic (exact) mass is 314 g/mol. The van der Waals surface area contributed by atoms with Crippen LogP contribution < -0.4 is 0 Å². The average molecular weight is 314 g/mol. The number of rotatable bonds is 4. The Bertz CT molecular complexity index is 749. The van der Waals surface area contributed by atoms with Crippen molar-refractivity contribution in [2.24, 2.45) is 0 Å². The molecule has 1 aliphatic carbocycles. The van der Waals surface area contributed by atoms with Crippen molar-refractivity contribution in [2.45, 2.75) is 32.5 Å². The number of benzene rings is 1. The van der Waals surface area contributed by atoms with E-state index >= 15 is 0 Å². The molecule has 1 aliphatic heterocycles. The molecular formula is C18H18O5. The fourth-order valence-electron chi connectivity index (χ4n) is 2.84. The lowest BCUT2D eigenvalue weighted by Crippen LogP contribution is -2.17. The molecule has 3 rings (SSSR count).